The molecule has 0 unspecified atom stereocenters. The molecule has 0 N–H and O–H groups in total. The lowest BCUT2D eigenvalue weighted by Gasteiger charge is -2.42. The first-order valence-electron chi connectivity index (χ1n) is 10.2. The topological polar surface area (TPSA) is 16.4 Å². The highest BCUT2D eigenvalue weighted by atomic mass is 79.9. The third-order valence-electron chi connectivity index (χ3n) is 6.30. The third kappa shape index (κ3) is 2.36. The van der Waals surface area contributed by atoms with Gasteiger partial charge in [-0.2, -0.15) is 0 Å². The lowest BCUT2D eigenvalue weighted by Crippen LogP contribution is -2.30. The van der Waals surface area contributed by atoms with Gasteiger partial charge in [0, 0.05) is 26.3 Å². The molecule has 1 aliphatic heterocycles. The fourth-order valence-electron chi connectivity index (χ4n) is 4.82. The molecule has 0 aliphatic carbocycles. The predicted molar refractivity (Wildman–Crippen MR) is 128 cm³/mol. The fraction of sp³-hybridized carbons (Fsp3) is 0.111. The van der Waals surface area contributed by atoms with Crippen molar-refractivity contribution in [3.05, 3.63) is 101 Å². The molecule has 0 amide bonds. The van der Waals surface area contributed by atoms with Gasteiger partial charge in [-0.3, -0.25) is 0 Å². The Bertz CT molecular complexity index is 1430. The Morgan fingerprint density at radius 1 is 0.767 bits per heavy atom. The van der Waals surface area contributed by atoms with Crippen LogP contribution in [0.5, 0.6) is 0 Å². The maximum absolute atomic E-state index is 6.48. The van der Waals surface area contributed by atoms with Gasteiger partial charge in [-0.05, 0) is 47.5 Å². The molecule has 0 saturated heterocycles. The van der Waals surface area contributed by atoms with Gasteiger partial charge in [-0.25, -0.2) is 0 Å². The van der Waals surface area contributed by atoms with E-state index < -0.39 is 0 Å². The minimum atomic E-state index is -0.160. The summed E-state index contributed by atoms with van der Waals surface area (Å²) in [4.78, 5) is 2.35. The number of nitrogens with zero attached hydrogens (tertiary/aromatic N) is 1. The van der Waals surface area contributed by atoms with Gasteiger partial charge < -0.3 is 9.32 Å². The van der Waals surface area contributed by atoms with Crippen LogP contribution in [-0.2, 0) is 5.41 Å². The highest BCUT2D eigenvalue weighted by molar-refractivity contribution is 9.10. The monoisotopic (exact) mass is 453 g/mol. The standard InChI is InChI=1S/C27H20BrNO/c1-27(2)21-14-13-20-19-10-6-7-11-24(19)30-26(20)25(21)29(18-8-4-3-5-9-18)23-15-12-17(28)16-22(23)27/h3-16H,1-2H3. The fourth-order valence-corrected chi connectivity index (χ4v) is 5.18. The highest BCUT2D eigenvalue weighted by Gasteiger charge is 2.39. The molecule has 30 heavy (non-hydrogen) atoms. The number of hydrogen-bond donors (Lipinski definition) is 0. The summed E-state index contributed by atoms with van der Waals surface area (Å²) >= 11 is 3.68. The van der Waals surface area contributed by atoms with Crippen LogP contribution in [0.2, 0.25) is 0 Å². The average Bonchev–Trinajstić information content (AvgIpc) is 3.14. The molecule has 1 aliphatic rings. The van der Waals surface area contributed by atoms with Crippen LogP contribution >= 0.6 is 15.9 Å². The molecule has 0 saturated carbocycles. The van der Waals surface area contributed by atoms with Crippen molar-refractivity contribution in [1.82, 2.24) is 0 Å². The van der Waals surface area contributed by atoms with Gasteiger partial charge in [0.25, 0.3) is 0 Å². The Morgan fingerprint density at radius 2 is 1.53 bits per heavy atom. The average molecular weight is 454 g/mol. The van der Waals surface area contributed by atoms with Crippen molar-refractivity contribution in [2.75, 3.05) is 4.90 Å². The summed E-state index contributed by atoms with van der Waals surface area (Å²) < 4.78 is 7.58. The van der Waals surface area contributed by atoms with Crippen molar-refractivity contribution in [3.63, 3.8) is 0 Å². The van der Waals surface area contributed by atoms with Crippen molar-refractivity contribution in [1.29, 1.82) is 0 Å². The SMILES string of the molecule is CC1(C)c2cc(Br)ccc2N(c2ccccc2)c2c1ccc1c2oc2ccccc21. The summed E-state index contributed by atoms with van der Waals surface area (Å²) in [5, 5.41) is 2.31. The van der Waals surface area contributed by atoms with Crippen LogP contribution in [0, 0.1) is 0 Å². The van der Waals surface area contributed by atoms with Crippen molar-refractivity contribution in [2.45, 2.75) is 19.3 Å². The van der Waals surface area contributed by atoms with E-state index in [2.05, 4.69) is 107 Å². The van der Waals surface area contributed by atoms with Gasteiger partial charge in [0.1, 0.15) is 5.58 Å². The molecule has 2 heterocycles. The molecule has 5 aromatic rings. The minimum absolute atomic E-state index is 0.160. The van der Waals surface area contributed by atoms with Gasteiger partial charge in [-0.15, -0.1) is 0 Å². The summed E-state index contributed by atoms with van der Waals surface area (Å²) in [5.74, 6) is 0. The third-order valence-corrected chi connectivity index (χ3v) is 6.80. The predicted octanol–water partition coefficient (Wildman–Crippen LogP) is 8.46. The molecule has 0 fully saturated rings. The zero-order valence-corrected chi connectivity index (χ0v) is 18.4. The van der Waals surface area contributed by atoms with E-state index in [1.807, 2.05) is 12.1 Å². The van der Waals surface area contributed by atoms with Crippen LogP contribution in [-0.4, -0.2) is 0 Å². The van der Waals surface area contributed by atoms with Gasteiger partial charge in [0.05, 0.1) is 11.4 Å². The molecule has 0 bridgehead atoms. The molecule has 0 atom stereocenters. The maximum atomic E-state index is 6.48. The summed E-state index contributed by atoms with van der Waals surface area (Å²) in [6.45, 7) is 4.60. The minimum Gasteiger partial charge on any atom is -0.454 e. The van der Waals surface area contributed by atoms with Gasteiger partial charge in [-0.1, -0.05) is 78.3 Å². The smallest absolute Gasteiger partial charge is 0.159 e. The summed E-state index contributed by atoms with van der Waals surface area (Å²) in [6.07, 6.45) is 0. The Labute approximate surface area is 183 Å². The number of hydrogen-bond acceptors (Lipinski definition) is 2. The molecule has 146 valence electrons. The Hall–Kier alpha value is -3.04. The number of fused-ring (bicyclic) bond motifs is 6. The van der Waals surface area contributed by atoms with E-state index in [9.17, 15) is 0 Å². The first-order chi connectivity index (χ1) is 14.6. The highest BCUT2D eigenvalue weighted by Crippen LogP contribution is 2.55. The largest absolute Gasteiger partial charge is 0.454 e. The summed E-state index contributed by atoms with van der Waals surface area (Å²) in [7, 11) is 0. The first kappa shape index (κ1) is 17.8. The number of rotatable bonds is 1. The van der Waals surface area contributed by atoms with Crippen LogP contribution in [0.15, 0.2) is 93.8 Å². The van der Waals surface area contributed by atoms with Crippen LogP contribution < -0.4 is 4.90 Å². The Kier molecular flexibility index (Phi) is 3.69. The lowest BCUT2D eigenvalue weighted by atomic mass is 9.73. The van der Waals surface area contributed by atoms with E-state index in [-0.39, 0.29) is 5.41 Å². The van der Waals surface area contributed by atoms with Crippen molar-refractivity contribution in [3.8, 4) is 0 Å². The van der Waals surface area contributed by atoms with E-state index in [4.69, 9.17) is 4.42 Å². The number of anilines is 3. The van der Waals surface area contributed by atoms with Crippen LogP contribution in [0.4, 0.5) is 17.1 Å². The molecule has 0 radical (unpaired) electrons. The molecule has 2 nitrogen and oxygen atoms in total. The number of benzene rings is 4. The summed E-state index contributed by atoms with van der Waals surface area (Å²) in [6, 6.07) is 29.9. The summed E-state index contributed by atoms with van der Waals surface area (Å²) in [5.41, 5.74) is 7.72. The van der Waals surface area contributed by atoms with Gasteiger partial charge >= 0.3 is 0 Å². The lowest BCUT2D eigenvalue weighted by molar-refractivity contribution is 0.623. The van der Waals surface area contributed by atoms with E-state index in [1.54, 1.807) is 0 Å². The van der Waals surface area contributed by atoms with E-state index in [0.29, 0.717) is 0 Å². The number of furan rings is 1. The molecule has 1 aromatic heterocycles. The zero-order chi connectivity index (χ0) is 20.5. The van der Waals surface area contributed by atoms with E-state index >= 15 is 0 Å². The van der Waals surface area contributed by atoms with Crippen LogP contribution in [0.1, 0.15) is 25.0 Å². The quantitative estimate of drug-likeness (QED) is 0.253. The second-order valence-corrected chi connectivity index (χ2v) is 9.31. The van der Waals surface area contributed by atoms with E-state index in [1.165, 1.54) is 16.8 Å². The maximum Gasteiger partial charge on any atom is 0.159 e. The zero-order valence-electron chi connectivity index (χ0n) is 16.8. The van der Waals surface area contributed by atoms with Crippen molar-refractivity contribution < 1.29 is 4.42 Å². The molecule has 3 heteroatoms. The molecule has 6 rings (SSSR count). The Balaban J connectivity index is 1.78. The van der Waals surface area contributed by atoms with Crippen LogP contribution in [0.25, 0.3) is 21.9 Å². The Morgan fingerprint density at radius 3 is 2.37 bits per heavy atom. The van der Waals surface area contributed by atoms with Gasteiger partial charge in [0.2, 0.25) is 0 Å². The van der Waals surface area contributed by atoms with Gasteiger partial charge in [0.15, 0.2) is 5.58 Å². The van der Waals surface area contributed by atoms with Crippen molar-refractivity contribution >= 4 is 54.9 Å². The van der Waals surface area contributed by atoms with E-state index in [0.717, 1.165) is 37.8 Å². The normalized spacial score (nSPS) is 14.7. The second kappa shape index (κ2) is 6.23. The number of halogens is 1. The molecular weight excluding hydrogens is 434 g/mol. The second-order valence-electron chi connectivity index (χ2n) is 8.39. The first-order valence-corrected chi connectivity index (χ1v) is 10.9. The van der Waals surface area contributed by atoms with Crippen molar-refractivity contribution in [2.24, 2.45) is 0 Å². The number of para-hydroxylation sites is 2. The van der Waals surface area contributed by atoms with Crippen LogP contribution in [0.3, 0.4) is 0 Å². The molecule has 4 aromatic carbocycles. The molecular formula is C27H20BrNO. The molecule has 0 spiro atoms.